The predicted octanol–water partition coefficient (Wildman–Crippen LogP) is 2.76. The lowest BCUT2D eigenvalue weighted by atomic mass is 10.0. The SMILES string of the molecule is Cc1nc(COc2ccc3c(c2)NC(=O)CC3)oc1C. The molecule has 0 saturated carbocycles. The molecule has 3 rings (SSSR count). The van der Waals surface area contributed by atoms with Crippen LogP contribution in [0.2, 0.25) is 0 Å². The third-order valence-electron chi connectivity index (χ3n) is 3.41. The van der Waals surface area contributed by atoms with Crippen molar-refractivity contribution in [2.45, 2.75) is 33.3 Å². The number of rotatable bonds is 3. The Labute approximate surface area is 117 Å². The van der Waals surface area contributed by atoms with E-state index >= 15 is 0 Å². The minimum absolute atomic E-state index is 0.0496. The van der Waals surface area contributed by atoms with Gasteiger partial charge in [-0.15, -0.1) is 0 Å². The standard InChI is InChI=1S/C15H16N2O3/c1-9-10(2)20-15(16-9)8-19-12-5-3-11-4-6-14(18)17-13(11)7-12/h3,5,7H,4,6,8H2,1-2H3,(H,17,18). The van der Waals surface area contributed by atoms with Gasteiger partial charge in [-0.3, -0.25) is 4.79 Å². The van der Waals surface area contributed by atoms with Gasteiger partial charge in [0.05, 0.1) is 5.69 Å². The number of aromatic nitrogens is 1. The number of carbonyl (C=O) groups excluding carboxylic acids is 1. The molecule has 1 aliphatic heterocycles. The minimum atomic E-state index is 0.0496. The quantitative estimate of drug-likeness (QED) is 0.933. The minimum Gasteiger partial charge on any atom is -0.484 e. The Balaban J connectivity index is 1.72. The molecule has 1 aliphatic rings. The van der Waals surface area contributed by atoms with Gasteiger partial charge in [-0.25, -0.2) is 4.98 Å². The fourth-order valence-electron chi connectivity index (χ4n) is 2.19. The van der Waals surface area contributed by atoms with E-state index in [1.165, 1.54) is 0 Å². The number of carbonyl (C=O) groups is 1. The van der Waals surface area contributed by atoms with Crippen LogP contribution in [0, 0.1) is 13.8 Å². The van der Waals surface area contributed by atoms with E-state index in [2.05, 4.69) is 10.3 Å². The van der Waals surface area contributed by atoms with E-state index in [9.17, 15) is 4.79 Å². The number of nitrogens with one attached hydrogen (secondary N) is 1. The fourth-order valence-corrected chi connectivity index (χ4v) is 2.19. The highest BCUT2D eigenvalue weighted by atomic mass is 16.5. The molecule has 2 heterocycles. The molecule has 0 atom stereocenters. The fraction of sp³-hybridized carbons (Fsp3) is 0.333. The highest BCUT2D eigenvalue weighted by molar-refractivity contribution is 5.94. The van der Waals surface area contributed by atoms with Gasteiger partial charge in [0.2, 0.25) is 11.8 Å². The van der Waals surface area contributed by atoms with Gasteiger partial charge in [-0.1, -0.05) is 6.07 Å². The molecule has 0 fully saturated rings. The van der Waals surface area contributed by atoms with Crippen LogP contribution in [-0.2, 0) is 17.8 Å². The Bertz CT molecular complexity index is 642. The van der Waals surface area contributed by atoms with Crippen LogP contribution in [0.15, 0.2) is 22.6 Å². The lowest BCUT2D eigenvalue weighted by molar-refractivity contribution is -0.116. The van der Waals surface area contributed by atoms with Crippen molar-refractivity contribution in [1.29, 1.82) is 0 Å². The first-order valence-electron chi connectivity index (χ1n) is 6.60. The largest absolute Gasteiger partial charge is 0.484 e. The summed E-state index contributed by atoms with van der Waals surface area (Å²) >= 11 is 0. The monoisotopic (exact) mass is 272 g/mol. The lowest BCUT2D eigenvalue weighted by Gasteiger charge is -2.17. The Morgan fingerprint density at radius 2 is 2.20 bits per heavy atom. The summed E-state index contributed by atoms with van der Waals surface area (Å²) in [6, 6.07) is 5.73. The Hall–Kier alpha value is -2.30. The van der Waals surface area contributed by atoms with Gasteiger partial charge in [-0.05, 0) is 31.9 Å². The van der Waals surface area contributed by atoms with Crippen molar-refractivity contribution in [2.24, 2.45) is 0 Å². The van der Waals surface area contributed by atoms with E-state index in [1.807, 2.05) is 32.0 Å². The Morgan fingerprint density at radius 3 is 2.95 bits per heavy atom. The first kappa shape index (κ1) is 12.7. The van der Waals surface area contributed by atoms with Crippen molar-refractivity contribution in [3.05, 3.63) is 41.1 Å². The number of amides is 1. The van der Waals surface area contributed by atoms with Crippen LogP contribution in [0.3, 0.4) is 0 Å². The van der Waals surface area contributed by atoms with E-state index in [0.717, 1.165) is 29.1 Å². The zero-order valence-electron chi connectivity index (χ0n) is 11.5. The van der Waals surface area contributed by atoms with Crippen molar-refractivity contribution in [3.8, 4) is 5.75 Å². The molecular weight excluding hydrogens is 256 g/mol. The summed E-state index contributed by atoms with van der Waals surface area (Å²) in [7, 11) is 0. The number of hydrogen-bond donors (Lipinski definition) is 1. The lowest BCUT2D eigenvalue weighted by Crippen LogP contribution is -2.18. The van der Waals surface area contributed by atoms with Crippen molar-refractivity contribution >= 4 is 11.6 Å². The third kappa shape index (κ3) is 2.52. The smallest absolute Gasteiger partial charge is 0.232 e. The maximum atomic E-state index is 11.4. The molecule has 1 amide bonds. The molecule has 1 aromatic heterocycles. The second kappa shape index (κ2) is 5.00. The number of anilines is 1. The van der Waals surface area contributed by atoms with Gasteiger partial charge in [0.15, 0.2) is 6.61 Å². The second-order valence-electron chi connectivity index (χ2n) is 4.91. The van der Waals surface area contributed by atoms with E-state index in [-0.39, 0.29) is 12.5 Å². The molecule has 104 valence electrons. The van der Waals surface area contributed by atoms with Crippen LogP contribution < -0.4 is 10.1 Å². The van der Waals surface area contributed by atoms with Crippen LogP contribution in [-0.4, -0.2) is 10.9 Å². The summed E-state index contributed by atoms with van der Waals surface area (Å²) in [5.41, 5.74) is 2.85. The molecular formula is C15H16N2O3. The van der Waals surface area contributed by atoms with Gasteiger partial charge in [0.25, 0.3) is 0 Å². The summed E-state index contributed by atoms with van der Waals surface area (Å²) in [6.07, 6.45) is 1.32. The molecule has 1 N–H and O–H groups in total. The van der Waals surface area contributed by atoms with E-state index in [4.69, 9.17) is 9.15 Å². The molecule has 1 aromatic carbocycles. The van der Waals surface area contributed by atoms with Crippen LogP contribution >= 0.6 is 0 Å². The average Bonchev–Trinajstić information content (AvgIpc) is 2.75. The summed E-state index contributed by atoms with van der Waals surface area (Å²) in [6.45, 7) is 4.05. The second-order valence-corrected chi connectivity index (χ2v) is 4.91. The van der Waals surface area contributed by atoms with Gasteiger partial charge in [0, 0.05) is 18.2 Å². The van der Waals surface area contributed by atoms with Gasteiger partial charge in [0.1, 0.15) is 11.5 Å². The summed E-state index contributed by atoms with van der Waals surface area (Å²) in [5.74, 6) is 2.11. The summed E-state index contributed by atoms with van der Waals surface area (Å²) < 4.78 is 11.1. The van der Waals surface area contributed by atoms with Gasteiger partial charge < -0.3 is 14.5 Å². The van der Waals surface area contributed by atoms with Crippen LogP contribution in [0.1, 0.15) is 29.3 Å². The van der Waals surface area contributed by atoms with Crippen LogP contribution in [0.5, 0.6) is 5.75 Å². The number of aryl methyl sites for hydroxylation is 3. The van der Waals surface area contributed by atoms with Gasteiger partial charge in [-0.2, -0.15) is 0 Å². The molecule has 0 aliphatic carbocycles. The van der Waals surface area contributed by atoms with E-state index < -0.39 is 0 Å². The molecule has 0 spiro atoms. The number of oxazole rings is 1. The van der Waals surface area contributed by atoms with E-state index in [0.29, 0.717) is 18.1 Å². The third-order valence-corrected chi connectivity index (χ3v) is 3.41. The Morgan fingerprint density at radius 1 is 1.35 bits per heavy atom. The zero-order chi connectivity index (χ0) is 14.1. The molecule has 0 radical (unpaired) electrons. The number of benzene rings is 1. The van der Waals surface area contributed by atoms with Crippen molar-refractivity contribution in [2.75, 3.05) is 5.32 Å². The first-order chi connectivity index (χ1) is 9.61. The van der Waals surface area contributed by atoms with Gasteiger partial charge >= 0.3 is 0 Å². The normalized spacial score (nSPS) is 13.8. The topological polar surface area (TPSA) is 64.4 Å². The molecule has 5 nitrogen and oxygen atoms in total. The molecule has 5 heteroatoms. The molecule has 0 bridgehead atoms. The Kier molecular flexibility index (Phi) is 3.18. The maximum Gasteiger partial charge on any atom is 0.232 e. The van der Waals surface area contributed by atoms with Crippen molar-refractivity contribution in [3.63, 3.8) is 0 Å². The average molecular weight is 272 g/mol. The summed E-state index contributed by atoms with van der Waals surface area (Å²) in [4.78, 5) is 15.6. The van der Waals surface area contributed by atoms with Crippen LogP contribution in [0.25, 0.3) is 0 Å². The number of ether oxygens (including phenoxy) is 1. The number of nitrogens with zero attached hydrogens (tertiary/aromatic N) is 1. The molecule has 20 heavy (non-hydrogen) atoms. The van der Waals surface area contributed by atoms with Crippen molar-refractivity contribution < 1.29 is 13.9 Å². The highest BCUT2D eigenvalue weighted by Gasteiger charge is 2.15. The molecule has 2 aromatic rings. The zero-order valence-corrected chi connectivity index (χ0v) is 11.5. The van der Waals surface area contributed by atoms with Crippen molar-refractivity contribution in [1.82, 2.24) is 4.98 Å². The van der Waals surface area contributed by atoms with Crippen LogP contribution in [0.4, 0.5) is 5.69 Å². The molecule has 0 saturated heterocycles. The maximum absolute atomic E-state index is 11.4. The number of hydrogen-bond acceptors (Lipinski definition) is 4. The summed E-state index contributed by atoms with van der Waals surface area (Å²) in [5, 5.41) is 2.85. The predicted molar refractivity (Wildman–Crippen MR) is 73.7 cm³/mol. The van der Waals surface area contributed by atoms with E-state index in [1.54, 1.807) is 0 Å². The highest BCUT2D eigenvalue weighted by Crippen LogP contribution is 2.27. The number of fused-ring (bicyclic) bond motifs is 1. The first-order valence-corrected chi connectivity index (χ1v) is 6.60. The molecule has 0 unspecified atom stereocenters.